The molecule has 2 amide bonds. The van der Waals surface area contributed by atoms with Crippen LogP contribution in [-0.4, -0.2) is 56.3 Å². The topological polar surface area (TPSA) is 122 Å². The first-order valence-corrected chi connectivity index (χ1v) is 10.1. The molecule has 1 saturated carbocycles. The van der Waals surface area contributed by atoms with Crippen LogP contribution < -0.4 is 16.4 Å². The Morgan fingerprint density at radius 1 is 1.41 bits per heavy atom. The molecule has 0 bridgehead atoms. The van der Waals surface area contributed by atoms with Crippen molar-refractivity contribution >= 4 is 34.2 Å². The van der Waals surface area contributed by atoms with Crippen LogP contribution in [-0.2, 0) is 14.8 Å². The number of benzene rings is 1. The van der Waals surface area contributed by atoms with Crippen molar-refractivity contribution in [1.82, 2.24) is 14.9 Å². The monoisotopic (exact) mass is 416 g/mol. The van der Waals surface area contributed by atoms with Crippen molar-refractivity contribution < 1.29 is 18.0 Å². The van der Waals surface area contributed by atoms with Crippen molar-refractivity contribution in [3.05, 3.63) is 29.8 Å². The Morgan fingerprint density at radius 3 is 2.70 bits per heavy atom. The van der Waals surface area contributed by atoms with Gasteiger partial charge < -0.3 is 16.4 Å². The molecular weight excluding hydrogens is 392 g/mol. The number of piperazine rings is 1. The predicted octanol–water partition coefficient (Wildman–Crippen LogP) is 0.0861. The van der Waals surface area contributed by atoms with Crippen LogP contribution in [0.15, 0.2) is 29.2 Å². The zero-order valence-electron chi connectivity index (χ0n) is 15.1. The highest BCUT2D eigenvalue weighted by molar-refractivity contribution is 7.89. The summed E-state index contributed by atoms with van der Waals surface area (Å²) < 4.78 is 26.6. The lowest BCUT2D eigenvalue weighted by Gasteiger charge is -2.29. The molecule has 150 valence electrons. The summed E-state index contributed by atoms with van der Waals surface area (Å²) in [7, 11) is -3.84. The molecule has 1 aliphatic carbocycles. The molecule has 10 heteroatoms. The summed E-state index contributed by atoms with van der Waals surface area (Å²) in [6, 6.07) is 5.88. The lowest BCUT2D eigenvalue weighted by atomic mass is 9.95. The molecule has 2 aliphatic rings. The Morgan fingerprint density at radius 2 is 2.11 bits per heavy atom. The van der Waals surface area contributed by atoms with E-state index in [1.807, 2.05) is 6.92 Å². The highest BCUT2D eigenvalue weighted by Crippen LogP contribution is 2.39. The highest BCUT2D eigenvalue weighted by Gasteiger charge is 2.41. The van der Waals surface area contributed by atoms with Crippen molar-refractivity contribution in [1.29, 1.82) is 0 Å². The van der Waals surface area contributed by atoms with Gasteiger partial charge in [-0.25, -0.2) is 8.42 Å². The Kier molecular flexibility index (Phi) is 6.51. The van der Waals surface area contributed by atoms with Crippen molar-refractivity contribution in [2.75, 3.05) is 26.2 Å². The van der Waals surface area contributed by atoms with Crippen LogP contribution in [0.25, 0.3) is 0 Å². The number of nitrogens with one attached hydrogen (secondary N) is 2. The van der Waals surface area contributed by atoms with Gasteiger partial charge in [-0.15, -0.1) is 12.4 Å². The minimum absolute atomic E-state index is 0. The Balaban J connectivity index is 0.00000261. The van der Waals surface area contributed by atoms with Gasteiger partial charge in [-0.3, -0.25) is 9.59 Å². The number of hydrogen-bond donors (Lipinski definition) is 3. The van der Waals surface area contributed by atoms with E-state index in [1.54, 1.807) is 6.07 Å². The average Bonchev–Trinajstić information content (AvgIpc) is 3.47. The average molecular weight is 417 g/mol. The van der Waals surface area contributed by atoms with Gasteiger partial charge in [0.1, 0.15) is 0 Å². The second-order valence-electron chi connectivity index (χ2n) is 7.07. The number of carbonyl (C=O) groups is 2. The molecule has 1 aromatic rings. The zero-order valence-corrected chi connectivity index (χ0v) is 16.7. The molecule has 1 heterocycles. The number of sulfonamides is 1. The summed E-state index contributed by atoms with van der Waals surface area (Å²) in [6.45, 7) is 2.50. The molecular formula is C17H25ClN4O4S. The van der Waals surface area contributed by atoms with Crippen LogP contribution in [0.4, 0.5) is 0 Å². The van der Waals surface area contributed by atoms with Crippen molar-refractivity contribution in [2.24, 2.45) is 11.7 Å². The first kappa shape index (κ1) is 21.6. The SMILES string of the molecule is CC(CN)(NC(=O)c1cccc(S(=O)(=O)N2CCNC(=O)C2)c1)C1CC1.Cl. The molecule has 1 atom stereocenters. The van der Waals surface area contributed by atoms with Crippen LogP contribution in [0.5, 0.6) is 0 Å². The molecule has 27 heavy (non-hydrogen) atoms. The van der Waals surface area contributed by atoms with E-state index in [2.05, 4.69) is 10.6 Å². The third-order valence-corrected chi connectivity index (χ3v) is 6.88. The van der Waals surface area contributed by atoms with E-state index in [9.17, 15) is 18.0 Å². The van der Waals surface area contributed by atoms with Crippen LogP contribution in [0, 0.1) is 5.92 Å². The van der Waals surface area contributed by atoms with E-state index in [-0.39, 0.29) is 54.3 Å². The van der Waals surface area contributed by atoms with Gasteiger partial charge >= 0.3 is 0 Å². The maximum Gasteiger partial charge on any atom is 0.251 e. The van der Waals surface area contributed by atoms with Crippen molar-refractivity contribution in [3.63, 3.8) is 0 Å². The van der Waals surface area contributed by atoms with E-state index >= 15 is 0 Å². The second kappa shape index (κ2) is 8.14. The molecule has 0 radical (unpaired) electrons. The molecule has 3 rings (SSSR count). The maximum atomic E-state index is 12.8. The molecule has 1 aromatic carbocycles. The molecule has 0 aromatic heterocycles. The highest BCUT2D eigenvalue weighted by atomic mass is 35.5. The standard InChI is InChI=1S/C17H24N4O4S.ClH/c1-17(11-18,13-5-6-13)20-16(23)12-3-2-4-14(9-12)26(24,25)21-8-7-19-15(22)10-21;/h2-4,9,13H,5-8,10-11,18H2,1H3,(H,19,22)(H,20,23);1H. The third-order valence-electron chi connectivity index (χ3n) is 5.04. The van der Waals surface area contributed by atoms with Crippen LogP contribution in [0.3, 0.4) is 0 Å². The van der Waals surface area contributed by atoms with E-state index in [1.165, 1.54) is 18.2 Å². The Hall–Kier alpha value is -1.68. The third kappa shape index (κ3) is 4.60. The summed E-state index contributed by atoms with van der Waals surface area (Å²) in [5.41, 5.74) is 5.60. The first-order chi connectivity index (χ1) is 12.3. The maximum absolute atomic E-state index is 12.8. The molecule has 0 spiro atoms. The normalized spacial score (nSPS) is 20.1. The van der Waals surface area contributed by atoms with Gasteiger partial charge in [-0.05, 0) is 43.9 Å². The number of amides is 2. The zero-order chi connectivity index (χ0) is 18.9. The molecule has 8 nitrogen and oxygen atoms in total. The number of carbonyl (C=O) groups excluding carboxylic acids is 2. The molecule has 2 fully saturated rings. The number of nitrogens with two attached hydrogens (primary N) is 1. The van der Waals surface area contributed by atoms with Gasteiger partial charge in [0.05, 0.1) is 17.0 Å². The smallest absolute Gasteiger partial charge is 0.251 e. The minimum atomic E-state index is -3.84. The van der Waals surface area contributed by atoms with E-state index in [0.29, 0.717) is 12.5 Å². The second-order valence-corrected chi connectivity index (χ2v) is 9.00. The van der Waals surface area contributed by atoms with Gasteiger partial charge in [0.15, 0.2) is 0 Å². The largest absolute Gasteiger partial charge is 0.354 e. The number of rotatable bonds is 6. The van der Waals surface area contributed by atoms with E-state index in [4.69, 9.17) is 5.73 Å². The van der Waals surface area contributed by atoms with Crippen LogP contribution in [0.2, 0.25) is 0 Å². The van der Waals surface area contributed by atoms with Crippen molar-refractivity contribution in [3.8, 4) is 0 Å². The quantitative estimate of drug-likeness (QED) is 0.606. The lowest BCUT2D eigenvalue weighted by Crippen LogP contribution is -2.53. The van der Waals surface area contributed by atoms with Gasteiger partial charge in [0.2, 0.25) is 15.9 Å². The summed E-state index contributed by atoms with van der Waals surface area (Å²) in [5.74, 6) is -0.328. The van der Waals surface area contributed by atoms with E-state index in [0.717, 1.165) is 17.1 Å². The Labute approximate surface area is 165 Å². The fraction of sp³-hybridized carbons (Fsp3) is 0.529. The first-order valence-electron chi connectivity index (χ1n) is 8.66. The molecule has 1 unspecified atom stereocenters. The predicted molar refractivity (Wildman–Crippen MR) is 103 cm³/mol. The molecule has 1 aliphatic heterocycles. The fourth-order valence-electron chi connectivity index (χ4n) is 3.14. The van der Waals surface area contributed by atoms with Crippen LogP contribution in [0.1, 0.15) is 30.1 Å². The molecule has 1 saturated heterocycles. The van der Waals surface area contributed by atoms with E-state index < -0.39 is 15.6 Å². The molecule has 4 N–H and O–H groups in total. The summed E-state index contributed by atoms with van der Waals surface area (Å²) in [5, 5.41) is 5.54. The van der Waals surface area contributed by atoms with Gasteiger partial charge in [0.25, 0.3) is 5.91 Å². The van der Waals surface area contributed by atoms with Gasteiger partial charge in [-0.2, -0.15) is 4.31 Å². The minimum Gasteiger partial charge on any atom is -0.354 e. The number of nitrogens with zero attached hydrogens (tertiary/aromatic N) is 1. The van der Waals surface area contributed by atoms with Crippen molar-refractivity contribution in [2.45, 2.75) is 30.2 Å². The van der Waals surface area contributed by atoms with Crippen LogP contribution >= 0.6 is 12.4 Å². The summed E-state index contributed by atoms with van der Waals surface area (Å²) in [4.78, 5) is 24.1. The Bertz CT molecular complexity index is 828. The lowest BCUT2D eigenvalue weighted by molar-refractivity contribution is -0.122. The fourth-order valence-corrected chi connectivity index (χ4v) is 4.58. The number of halogens is 1. The van der Waals surface area contributed by atoms with Gasteiger partial charge in [-0.1, -0.05) is 6.07 Å². The number of hydrogen-bond acceptors (Lipinski definition) is 5. The van der Waals surface area contributed by atoms with Gasteiger partial charge in [0, 0.05) is 25.2 Å². The summed E-state index contributed by atoms with van der Waals surface area (Å²) in [6.07, 6.45) is 2.05. The summed E-state index contributed by atoms with van der Waals surface area (Å²) >= 11 is 0.